The average Bonchev–Trinajstić information content (AvgIpc) is 3.08. The normalized spacial score (nSPS) is 16.4. The molecule has 2 N–H and O–H groups in total. The van der Waals surface area contributed by atoms with E-state index in [1.54, 1.807) is 6.92 Å². The molecule has 1 heterocycles. The van der Waals surface area contributed by atoms with Crippen molar-refractivity contribution in [2.24, 2.45) is 0 Å². The second kappa shape index (κ2) is 5.01. The number of rotatable bonds is 5. The average molecular weight is 305 g/mol. The fourth-order valence-corrected chi connectivity index (χ4v) is 1.94. The van der Waals surface area contributed by atoms with Crippen LogP contribution < -0.4 is 10.6 Å². The van der Waals surface area contributed by atoms with Gasteiger partial charge in [0.2, 0.25) is 11.8 Å². The molecule has 1 aromatic rings. The minimum Gasteiger partial charge on any atom is -0.354 e. The smallest absolute Gasteiger partial charge is 0.354 e. The van der Waals surface area contributed by atoms with Crippen LogP contribution in [0, 0.1) is 17.0 Å². The minimum absolute atomic E-state index is 0.00595. The molecule has 0 aliphatic heterocycles. The molecular weight excluding hydrogens is 291 g/mol. The molecule has 0 amide bonds. The number of alkyl halides is 3. The summed E-state index contributed by atoms with van der Waals surface area (Å²) < 4.78 is 38.9. The van der Waals surface area contributed by atoms with Crippen molar-refractivity contribution in [1.29, 1.82) is 0 Å². The van der Waals surface area contributed by atoms with E-state index in [-0.39, 0.29) is 24.5 Å². The lowest BCUT2D eigenvalue weighted by molar-refractivity contribution is -0.385. The maximum Gasteiger partial charge on any atom is 0.411 e. The Balaban J connectivity index is 2.43. The standard InChI is InChI=1S/C11H14F3N5O2/c1-3-15-9-16-6(2)7(19(20)21)8(17-9)18-10(4-5-10)11(12,13)14/h3-5H2,1-2H3,(H2,15,16,17,18). The van der Waals surface area contributed by atoms with Crippen molar-refractivity contribution < 1.29 is 18.1 Å². The highest BCUT2D eigenvalue weighted by Gasteiger charge is 2.64. The summed E-state index contributed by atoms with van der Waals surface area (Å²) in [5.41, 5.74) is -2.65. The molecule has 21 heavy (non-hydrogen) atoms. The van der Waals surface area contributed by atoms with Crippen LogP contribution in [0.1, 0.15) is 25.5 Å². The van der Waals surface area contributed by atoms with Gasteiger partial charge in [-0.15, -0.1) is 0 Å². The van der Waals surface area contributed by atoms with E-state index in [0.29, 0.717) is 6.54 Å². The highest BCUT2D eigenvalue weighted by molar-refractivity contribution is 5.63. The van der Waals surface area contributed by atoms with E-state index in [1.165, 1.54) is 6.92 Å². The summed E-state index contributed by atoms with van der Waals surface area (Å²) in [5.74, 6) is -0.348. The molecule has 1 saturated carbocycles. The molecule has 10 heteroatoms. The van der Waals surface area contributed by atoms with Crippen molar-refractivity contribution in [2.45, 2.75) is 38.4 Å². The molecule has 1 aliphatic carbocycles. The van der Waals surface area contributed by atoms with Crippen molar-refractivity contribution in [2.75, 3.05) is 17.2 Å². The Morgan fingerprint density at radius 2 is 2.00 bits per heavy atom. The van der Waals surface area contributed by atoms with Crippen LogP contribution >= 0.6 is 0 Å². The second-order valence-corrected chi connectivity index (χ2v) is 4.82. The van der Waals surface area contributed by atoms with Crippen LogP contribution in [0.15, 0.2) is 0 Å². The zero-order valence-electron chi connectivity index (χ0n) is 11.4. The predicted molar refractivity (Wildman–Crippen MR) is 69.2 cm³/mol. The number of anilines is 2. The minimum atomic E-state index is -4.49. The molecule has 116 valence electrons. The Hall–Kier alpha value is -2.13. The van der Waals surface area contributed by atoms with Gasteiger partial charge < -0.3 is 10.6 Å². The summed E-state index contributed by atoms with van der Waals surface area (Å²) in [6, 6.07) is 0. The highest BCUT2D eigenvalue weighted by Crippen LogP contribution is 2.51. The molecule has 1 fully saturated rings. The summed E-state index contributed by atoms with van der Waals surface area (Å²) in [6.45, 7) is 3.56. The van der Waals surface area contributed by atoms with E-state index in [9.17, 15) is 23.3 Å². The summed E-state index contributed by atoms with van der Waals surface area (Å²) in [7, 11) is 0. The molecule has 1 aromatic heterocycles. The number of aromatic nitrogens is 2. The first-order valence-electron chi connectivity index (χ1n) is 6.32. The van der Waals surface area contributed by atoms with E-state index in [1.807, 2.05) is 0 Å². The summed E-state index contributed by atoms with van der Waals surface area (Å²) in [4.78, 5) is 18.0. The van der Waals surface area contributed by atoms with Crippen molar-refractivity contribution >= 4 is 17.5 Å². The third-order valence-electron chi connectivity index (χ3n) is 3.23. The zero-order valence-corrected chi connectivity index (χ0v) is 11.4. The fourth-order valence-electron chi connectivity index (χ4n) is 1.94. The van der Waals surface area contributed by atoms with Crippen LogP contribution in [0.5, 0.6) is 0 Å². The van der Waals surface area contributed by atoms with Gasteiger partial charge in [0.15, 0.2) is 0 Å². The lowest BCUT2D eigenvalue weighted by Gasteiger charge is -2.21. The van der Waals surface area contributed by atoms with Gasteiger partial charge in [0.25, 0.3) is 0 Å². The number of hydrogen-bond acceptors (Lipinski definition) is 6. The Labute approximate surface area is 118 Å². The third kappa shape index (κ3) is 2.83. The SMILES string of the molecule is CCNc1nc(C)c([N+](=O)[O-])c(NC2(C(F)(F)F)CC2)n1. The molecule has 0 bridgehead atoms. The largest absolute Gasteiger partial charge is 0.411 e. The van der Waals surface area contributed by atoms with Crippen LogP contribution in [0.4, 0.5) is 30.6 Å². The summed E-state index contributed by atoms with van der Waals surface area (Å²) in [5, 5.41) is 16.0. The van der Waals surface area contributed by atoms with Gasteiger partial charge in [0.1, 0.15) is 11.2 Å². The number of hydrogen-bond donors (Lipinski definition) is 2. The molecule has 0 spiro atoms. The molecule has 7 nitrogen and oxygen atoms in total. The summed E-state index contributed by atoms with van der Waals surface area (Å²) in [6.07, 6.45) is -4.75. The number of nitrogens with one attached hydrogen (secondary N) is 2. The zero-order chi connectivity index (χ0) is 15.8. The van der Waals surface area contributed by atoms with Gasteiger partial charge in [-0.05, 0) is 26.7 Å². The van der Waals surface area contributed by atoms with Crippen LogP contribution in [0.3, 0.4) is 0 Å². The van der Waals surface area contributed by atoms with Crippen LogP contribution in [-0.2, 0) is 0 Å². The van der Waals surface area contributed by atoms with Crippen molar-refractivity contribution in [3.63, 3.8) is 0 Å². The van der Waals surface area contributed by atoms with Crippen molar-refractivity contribution in [3.05, 3.63) is 15.8 Å². The monoisotopic (exact) mass is 305 g/mol. The molecule has 0 saturated heterocycles. The van der Waals surface area contributed by atoms with Crippen molar-refractivity contribution in [1.82, 2.24) is 9.97 Å². The second-order valence-electron chi connectivity index (χ2n) is 4.82. The Bertz CT molecular complexity index is 572. The number of nitro groups is 1. The van der Waals surface area contributed by atoms with Crippen molar-refractivity contribution in [3.8, 4) is 0 Å². The number of aryl methyl sites for hydroxylation is 1. The lowest BCUT2D eigenvalue weighted by atomic mass is 10.2. The molecule has 0 radical (unpaired) electrons. The molecule has 0 aromatic carbocycles. The van der Waals surface area contributed by atoms with Gasteiger partial charge in [0.05, 0.1) is 4.92 Å². The van der Waals surface area contributed by atoms with Gasteiger partial charge in [-0.1, -0.05) is 0 Å². The van der Waals surface area contributed by atoms with E-state index < -0.39 is 28.1 Å². The third-order valence-corrected chi connectivity index (χ3v) is 3.23. The van der Waals surface area contributed by atoms with Gasteiger partial charge in [-0.2, -0.15) is 18.2 Å². The first kappa shape index (κ1) is 15.3. The highest BCUT2D eigenvalue weighted by atomic mass is 19.4. The van der Waals surface area contributed by atoms with E-state index in [0.717, 1.165) is 0 Å². The maximum absolute atomic E-state index is 13.0. The quantitative estimate of drug-likeness (QED) is 0.641. The van der Waals surface area contributed by atoms with E-state index in [2.05, 4.69) is 20.6 Å². The summed E-state index contributed by atoms with van der Waals surface area (Å²) >= 11 is 0. The topological polar surface area (TPSA) is 93.0 Å². The molecule has 0 atom stereocenters. The number of nitrogens with zero attached hydrogens (tertiary/aromatic N) is 3. The molecule has 1 aliphatic rings. The van der Waals surface area contributed by atoms with Crippen LogP contribution in [-0.4, -0.2) is 33.2 Å². The first-order chi connectivity index (χ1) is 9.70. The molecule has 2 rings (SSSR count). The first-order valence-corrected chi connectivity index (χ1v) is 6.32. The maximum atomic E-state index is 13.0. The lowest BCUT2D eigenvalue weighted by Crippen LogP contribution is -2.39. The molecular formula is C11H14F3N5O2. The van der Waals surface area contributed by atoms with Gasteiger partial charge in [-0.25, -0.2) is 4.98 Å². The van der Waals surface area contributed by atoms with Gasteiger partial charge in [-0.3, -0.25) is 10.1 Å². The number of halogens is 3. The molecule has 0 unspecified atom stereocenters. The van der Waals surface area contributed by atoms with Crippen LogP contribution in [0.2, 0.25) is 0 Å². The van der Waals surface area contributed by atoms with Gasteiger partial charge >= 0.3 is 11.9 Å². The van der Waals surface area contributed by atoms with E-state index >= 15 is 0 Å². The van der Waals surface area contributed by atoms with Gasteiger partial charge in [0, 0.05) is 6.54 Å². The Morgan fingerprint density at radius 3 is 2.43 bits per heavy atom. The van der Waals surface area contributed by atoms with Crippen LogP contribution in [0.25, 0.3) is 0 Å². The van der Waals surface area contributed by atoms with E-state index in [4.69, 9.17) is 0 Å². The Morgan fingerprint density at radius 1 is 1.38 bits per heavy atom. The Kier molecular flexibility index (Phi) is 3.64. The fraction of sp³-hybridized carbons (Fsp3) is 0.636. The predicted octanol–water partition coefficient (Wildman–Crippen LogP) is 2.63.